The monoisotopic (exact) mass is 1970 g/mol. The van der Waals surface area contributed by atoms with Gasteiger partial charge in [-0.15, -0.1) is 11.6 Å². The molecule has 17 heterocycles. The fourth-order valence-corrected chi connectivity index (χ4v) is 16.9. The summed E-state index contributed by atoms with van der Waals surface area (Å²) in [6.07, 6.45) is 21.0. The molecule has 5 aliphatic heterocycles. The number of aromatic nitrogens is 12. The van der Waals surface area contributed by atoms with E-state index in [1.807, 2.05) is 98.9 Å². The molecule has 5 saturated heterocycles. The Morgan fingerprint density at radius 1 is 0.446 bits per heavy atom. The van der Waals surface area contributed by atoms with Gasteiger partial charge in [0.05, 0.1) is 0 Å². The number of nitrogens with zero attached hydrogens (tertiary/aromatic N) is 19. The number of alkyl halides is 1. The van der Waals surface area contributed by atoms with Crippen LogP contribution in [-0.2, 0) is 32.4 Å². The molecule has 5 fully saturated rings. The third kappa shape index (κ3) is 32.1. The van der Waals surface area contributed by atoms with Gasteiger partial charge in [0.25, 0.3) is 0 Å². The summed E-state index contributed by atoms with van der Waals surface area (Å²) in [5, 5.41) is 18.8. The van der Waals surface area contributed by atoms with Crippen LogP contribution in [0.25, 0.3) is 66.2 Å². The second kappa shape index (κ2) is 51.0. The predicted octanol–water partition coefficient (Wildman–Crippen LogP) is 14.2. The van der Waals surface area contributed by atoms with Gasteiger partial charge in [-0.1, -0.05) is 39.3 Å². The van der Waals surface area contributed by atoms with Crippen LogP contribution in [-0.4, -0.2) is 334 Å². The number of pyridine rings is 6. The zero-order chi connectivity index (χ0) is 94.3. The second-order valence-electron chi connectivity index (χ2n) is 37.1. The Bertz CT molecular complexity index is 5400. The second-order valence-corrected chi connectivity index (χ2v) is 50.0. The lowest BCUT2D eigenvalue weighted by molar-refractivity contribution is 0.0527. The van der Waals surface area contributed by atoms with Crippen LogP contribution in [0.4, 0.5) is 32.3 Å². The Hall–Kier alpha value is -8.61. The summed E-state index contributed by atoms with van der Waals surface area (Å²) < 4.78 is 36.8. The van der Waals surface area contributed by atoms with Gasteiger partial charge in [-0.2, -0.15) is 4.57 Å². The highest BCUT2D eigenvalue weighted by Crippen LogP contribution is 2.35. The van der Waals surface area contributed by atoms with Gasteiger partial charge in [-0.05, 0) is 187 Å². The molecule has 12 aromatic rings. The van der Waals surface area contributed by atoms with Crippen molar-refractivity contribution in [1.82, 2.24) is 88.0 Å². The fourth-order valence-electron chi connectivity index (χ4n) is 14.5. The standard InChI is InChI=1S/C18H30N4OSi.C17H24BN4O4.C17H24N4O2.C13H19BrN2OSi.C12H16N4.C7H5BrN2.C5H12N2.C2H8N2.CH3Cl/c1-20-9-11-21(12-10-20)17-5-7-19-18-16(17)6-8-22(18)15-23-13-14-24(2,3)4;1-17(2,3)25-16(23)22-14(26-18-24)11-12-13(5-6-19-15(12)22)21-9-7-20(4)8-10-21;1-17(2,3)23-16(22)21-8-6-13-14(5-7-18-15(13)21)20-11-9-19(4)10-12-20;1-18(2,3)9-8-17-10-16-7-5-11-12(14)4-6-15-13(11)16;1-15-6-8-16(9-7-15)11-3-5-14-12-10(11)2-4-13-12;8-6-2-4-10-7-5(6)1-3-9-7;1-7-4-2-6-3-5-7;3-1-2-4;1-2/h5-8H,9-15H2,1-4H3;5-6,11,24H,7-10H2,1-4H3;5-8H,9-12H2,1-4H3;4-7H,8-10H2,1-3H3;2-5H,6-9H2,1H3,(H,13,14);1-4H,(H,9,10);6H,2-5H2,1H3;1-4H2;1H3. The number of anilines is 4. The van der Waals surface area contributed by atoms with Gasteiger partial charge in [0.2, 0.25) is 0 Å². The summed E-state index contributed by atoms with van der Waals surface area (Å²) >= 11 is 11.6. The van der Waals surface area contributed by atoms with Gasteiger partial charge < -0.3 is 109 Å². The molecule has 0 aliphatic carbocycles. The molecule has 0 amide bonds. The molecule has 1 radical (unpaired) electrons. The van der Waals surface area contributed by atoms with E-state index in [2.05, 4.69) is 248 Å². The molecule has 0 spiro atoms. The number of nitrogens with two attached hydrogens (primary N) is 2. The molecule has 130 heavy (non-hydrogen) atoms. The average molecular weight is 1970 g/mol. The van der Waals surface area contributed by atoms with Gasteiger partial charge in [0.1, 0.15) is 47.3 Å². The van der Waals surface area contributed by atoms with E-state index in [0.717, 1.165) is 195 Å². The summed E-state index contributed by atoms with van der Waals surface area (Å²) in [6, 6.07) is 26.5. The van der Waals surface area contributed by atoms with E-state index in [1.54, 1.807) is 51.6 Å². The lowest BCUT2D eigenvalue weighted by atomic mass is 10.2. The van der Waals surface area contributed by atoms with Crippen molar-refractivity contribution in [2.75, 3.05) is 218 Å². The molecule has 17 rings (SSSR count). The fraction of sp³-hybridized carbons (Fsp3) is 0.522. The molecule has 32 nitrogen and oxygen atoms in total. The van der Waals surface area contributed by atoms with Crippen molar-refractivity contribution in [3.63, 3.8) is 0 Å². The molecule has 0 bridgehead atoms. The topological polar surface area (TPSA) is 322 Å². The van der Waals surface area contributed by atoms with Crippen LogP contribution >= 0.6 is 43.5 Å². The highest BCUT2D eigenvalue weighted by molar-refractivity contribution is 9.11. The first-order valence-corrected chi connectivity index (χ1v) is 54.5. The van der Waals surface area contributed by atoms with Crippen LogP contribution in [0.15, 0.2) is 150 Å². The van der Waals surface area contributed by atoms with Crippen molar-refractivity contribution >= 4 is 168 Å². The smallest absolute Gasteiger partial charge is 0.524 e. The van der Waals surface area contributed by atoms with Gasteiger partial charge in [0.15, 0.2) is 17.2 Å². The zero-order valence-electron chi connectivity index (χ0n) is 79.7. The maximum atomic E-state index is 12.7. The molecule has 0 unspecified atom stereocenters. The molecular weight excluding hydrogens is 1830 g/mol. The number of nitrogens with one attached hydrogen (secondary N) is 3. The number of likely N-dealkylation sites (N-methyl/N-ethyl adjacent to an activating group) is 5. The summed E-state index contributed by atoms with van der Waals surface area (Å²) in [5.74, 6) is 0.158. The Labute approximate surface area is 792 Å². The van der Waals surface area contributed by atoms with E-state index in [-0.39, 0.29) is 5.88 Å². The van der Waals surface area contributed by atoms with Gasteiger partial charge >= 0.3 is 19.9 Å². The highest BCUT2D eigenvalue weighted by atomic mass is 79.9. The maximum Gasteiger partial charge on any atom is 0.570 e. The summed E-state index contributed by atoms with van der Waals surface area (Å²) in [5.41, 5.74) is 18.3. The molecule has 5 aliphatic rings. The largest absolute Gasteiger partial charge is 0.570 e. The first kappa shape index (κ1) is 105. The van der Waals surface area contributed by atoms with E-state index in [0.29, 0.717) is 45.5 Å². The summed E-state index contributed by atoms with van der Waals surface area (Å²) in [7, 11) is 9.27. The number of fused-ring (bicyclic) bond motifs is 6. The number of hydrogen-bond acceptors (Lipinski definition) is 26. The normalized spacial score (nSPS) is 15.7. The van der Waals surface area contributed by atoms with Crippen LogP contribution in [0.1, 0.15) is 41.5 Å². The molecule has 12 aromatic heterocycles. The van der Waals surface area contributed by atoms with Crippen LogP contribution in [0.2, 0.25) is 51.4 Å². The number of H-pyrrole nitrogens is 2. The minimum atomic E-state index is -1.03. The van der Waals surface area contributed by atoms with Crippen molar-refractivity contribution in [2.24, 2.45) is 11.5 Å². The first-order chi connectivity index (χ1) is 62.1. The number of rotatable bonds is 17. The van der Waals surface area contributed by atoms with E-state index in [9.17, 15) is 9.59 Å². The van der Waals surface area contributed by atoms with Crippen LogP contribution in [0.3, 0.4) is 0 Å². The maximum absolute atomic E-state index is 12.7. The van der Waals surface area contributed by atoms with Crippen molar-refractivity contribution in [3.05, 3.63) is 150 Å². The highest BCUT2D eigenvalue weighted by Gasteiger charge is 2.29. The Kier molecular flexibility index (Phi) is 41.2. The van der Waals surface area contributed by atoms with Crippen LogP contribution in [0, 0.1) is 0 Å². The lowest BCUT2D eigenvalue weighted by Crippen LogP contribution is -2.44. The molecule has 38 heteroatoms. The van der Waals surface area contributed by atoms with Crippen LogP contribution in [0.5, 0.6) is 5.88 Å². The zero-order valence-corrected chi connectivity index (χ0v) is 85.7. The summed E-state index contributed by atoms with van der Waals surface area (Å²) in [6.45, 7) is 50.5. The van der Waals surface area contributed by atoms with Gasteiger partial charge in [-0.25, -0.2) is 44.1 Å². The minimum Gasteiger partial charge on any atom is -0.524 e. The van der Waals surface area contributed by atoms with E-state index in [1.165, 1.54) is 62.8 Å². The lowest BCUT2D eigenvalue weighted by Gasteiger charge is -2.34. The van der Waals surface area contributed by atoms with Crippen molar-refractivity contribution in [3.8, 4) is 5.88 Å². The number of halogens is 3. The van der Waals surface area contributed by atoms with Gasteiger partial charge in [0, 0.05) is 318 Å². The number of ether oxygens (including phenoxy) is 4. The number of aromatic amines is 2. The third-order valence-corrected chi connectivity index (χ3v) is 26.8. The quantitative estimate of drug-likeness (QED) is 0.0280. The van der Waals surface area contributed by atoms with Gasteiger partial charge in [-0.3, -0.25) is 0 Å². The third-order valence-electron chi connectivity index (χ3n) is 22.0. The first-order valence-electron chi connectivity index (χ1n) is 44.7. The number of hydrogen-bond donors (Lipinski definition) is 6. The molecule has 0 saturated carbocycles. The number of carbonyl (C=O) groups excluding carboxylic acids is 2. The van der Waals surface area contributed by atoms with Crippen LogP contribution < -0.4 is 41.0 Å². The van der Waals surface area contributed by atoms with Crippen molar-refractivity contribution in [1.29, 1.82) is 0 Å². The van der Waals surface area contributed by atoms with Crippen molar-refractivity contribution in [2.45, 2.75) is 118 Å². The Morgan fingerprint density at radius 2 is 0.800 bits per heavy atom. The molecular formula is C92H141BBr2ClN24O8Si2. The predicted molar refractivity (Wildman–Crippen MR) is 546 cm³/mol. The number of piperazine rings is 5. The number of carbonyl (C=O) groups is 2. The average Bonchev–Trinajstić information content (AvgIpc) is 1.61. The molecule has 0 atom stereocenters. The molecule has 0 aromatic carbocycles. The summed E-state index contributed by atoms with van der Waals surface area (Å²) in [4.78, 5) is 78.6. The molecule has 8 N–H and O–H groups in total. The molecule has 709 valence electrons. The van der Waals surface area contributed by atoms with E-state index in [4.69, 9.17) is 40.1 Å². The van der Waals surface area contributed by atoms with E-state index < -0.39 is 39.5 Å². The van der Waals surface area contributed by atoms with E-state index >= 15 is 0 Å². The van der Waals surface area contributed by atoms with Crippen molar-refractivity contribution < 1.29 is 38.2 Å². The minimum absolute atomic E-state index is 0.158. The Balaban J connectivity index is 0.000000173. The SMILES string of the molecule is Brc1ccnc2[nH]ccc12.CCl.CN1CCN(c2ccnc3[nH]ccc23)CC1.CN1CCN(c2ccnc3c2cc(O[B]O)n3C(=O)OC(C)(C)C)CC1.CN1CCN(c2ccnc3c2ccn3C(=O)OC(C)(C)C)CC1.CN1CCN(c2ccnc3c2ccn3COCC[Si](C)(C)C)CC1.CN1CCNCC1.C[Si](C)(C)CCOCn1ccc2c(Br)ccnc21.NCCN. The Morgan fingerprint density at radius 3 is 1.22 bits per heavy atom.